The number of hydrogen-bond donors (Lipinski definition) is 0. The first-order valence-electron chi connectivity index (χ1n) is 6.43. The van der Waals surface area contributed by atoms with Gasteiger partial charge in [0.15, 0.2) is 0 Å². The van der Waals surface area contributed by atoms with Crippen molar-refractivity contribution >= 4 is 22.4 Å². The Morgan fingerprint density at radius 3 is 2.15 bits per heavy atom. The van der Waals surface area contributed by atoms with E-state index in [2.05, 4.69) is 0 Å². The molecule has 20 heavy (non-hydrogen) atoms. The first-order valence-corrected chi connectivity index (χ1v) is 7.75. The van der Waals surface area contributed by atoms with Gasteiger partial charge in [0.1, 0.15) is 0 Å². The molecular weight excluding hydrogens is 270 g/mol. The Labute approximate surface area is 121 Å². The SMILES string of the molecule is CN(C(=O)CCS(=O)c1ccccc1)c1ccccc1. The average molecular weight is 287 g/mol. The maximum atomic E-state index is 12.1. The minimum Gasteiger partial charge on any atom is -0.315 e. The summed E-state index contributed by atoms with van der Waals surface area (Å²) in [6.07, 6.45) is 0.271. The largest absolute Gasteiger partial charge is 0.315 e. The van der Waals surface area contributed by atoms with Crippen LogP contribution in [0.25, 0.3) is 0 Å². The van der Waals surface area contributed by atoms with Gasteiger partial charge in [-0.05, 0) is 24.3 Å². The molecule has 0 aliphatic carbocycles. The van der Waals surface area contributed by atoms with Crippen molar-refractivity contribution in [2.45, 2.75) is 11.3 Å². The molecule has 0 aliphatic heterocycles. The van der Waals surface area contributed by atoms with Gasteiger partial charge in [0.05, 0.1) is 10.8 Å². The van der Waals surface area contributed by atoms with E-state index >= 15 is 0 Å². The fourth-order valence-electron chi connectivity index (χ4n) is 1.83. The summed E-state index contributed by atoms with van der Waals surface area (Å²) in [5.41, 5.74) is 0.850. The molecule has 1 unspecified atom stereocenters. The zero-order valence-electron chi connectivity index (χ0n) is 11.4. The summed E-state index contributed by atoms with van der Waals surface area (Å²) in [5.74, 6) is 0.320. The van der Waals surface area contributed by atoms with Crippen molar-refractivity contribution < 1.29 is 9.00 Å². The Bertz CT molecular complexity index is 584. The highest BCUT2D eigenvalue weighted by Crippen LogP contribution is 2.13. The highest BCUT2D eigenvalue weighted by molar-refractivity contribution is 7.85. The monoisotopic (exact) mass is 287 g/mol. The molecule has 0 saturated carbocycles. The molecule has 3 nitrogen and oxygen atoms in total. The van der Waals surface area contributed by atoms with Crippen molar-refractivity contribution in [1.29, 1.82) is 0 Å². The quantitative estimate of drug-likeness (QED) is 0.848. The first kappa shape index (κ1) is 14.5. The van der Waals surface area contributed by atoms with Gasteiger partial charge in [-0.15, -0.1) is 0 Å². The van der Waals surface area contributed by atoms with Crippen LogP contribution in [0.4, 0.5) is 5.69 Å². The van der Waals surface area contributed by atoms with Gasteiger partial charge in [0.2, 0.25) is 5.91 Å². The second kappa shape index (κ2) is 7.01. The maximum Gasteiger partial charge on any atom is 0.227 e. The van der Waals surface area contributed by atoms with Crippen LogP contribution in [0.5, 0.6) is 0 Å². The van der Waals surface area contributed by atoms with Crippen LogP contribution in [0.15, 0.2) is 65.6 Å². The van der Waals surface area contributed by atoms with Crippen LogP contribution in [0.2, 0.25) is 0 Å². The lowest BCUT2D eigenvalue weighted by Crippen LogP contribution is -2.27. The highest BCUT2D eigenvalue weighted by atomic mass is 32.2. The van der Waals surface area contributed by atoms with Crippen molar-refractivity contribution in [2.75, 3.05) is 17.7 Å². The molecule has 104 valence electrons. The van der Waals surface area contributed by atoms with Crippen molar-refractivity contribution in [3.8, 4) is 0 Å². The Kier molecular flexibility index (Phi) is 5.07. The minimum absolute atomic E-state index is 0.0273. The maximum absolute atomic E-state index is 12.1. The van der Waals surface area contributed by atoms with E-state index < -0.39 is 10.8 Å². The van der Waals surface area contributed by atoms with E-state index in [1.807, 2.05) is 60.7 Å². The number of amides is 1. The molecule has 0 spiro atoms. The van der Waals surface area contributed by atoms with Crippen LogP contribution < -0.4 is 4.90 Å². The van der Waals surface area contributed by atoms with Crippen LogP contribution in [-0.2, 0) is 15.6 Å². The van der Waals surface area contributed by atoms with Crippen molar-refractivity contribution in [2.24, 2.45) is 0 Å². The zero-order chi connectivity index (χ0) is 14.4. The lowest BCUT2D eigenvalue weighted by Gasteiger charge is -2.17. The zero-order valence-corrected chi connectivity index (χ0v) is 12.2. The van der Waals surface area contributed by atoms with E-state index in [1.54, 1.807) is 11.9 Å². The first-order chi connectivity index (χ1) is 9.68. The number of rotatable bonds is 5. The molecule has 0 aromatic heterocycles. The number of anilines is 1. The number of para-hydroxylation sites is 1. The van der Waals surface area contributed by atoms with Crippen LogP contribution in [0.1, 0.15) is 6.42 Å². The van der Waals surface area contributed by atoms with Crippen LogP contribution in [-0.4, -0.2) is 22.9 Å². The second-order valence-corrected chi connectivity index (χ2v) is 5.97. The van der Waals surface area contributed by atoms with Crippen LogP contribution in [0, 0.1) is 0 Å². The molecule has 1 amide bonds. The molecule has 0 radical (unpaired) electrons. The molecule has 0 fully saturated rings. The molecule has 2 rings (SSSR count). The van der Waals surface area contributed by atoms with Crippen molar-refractivity contribution in [1.82, 2.24) is 0 Å². The van der Waals surface area contributed by atoms with E-state index in [0.29, 0.717) is 5.75 Å². The standard InChI is InChI=1S/C16H17NO2S/c1-17(14-8-4-2-5-9-14)16(18)12-13-20(19)15-10-6-3-7-11-15/h2-11H,12-13H2,1H3. The van der Waals surface area contributed by atoms with E-state index in [-0.39, 0.29) is 12.3 Å². The number of nitrogens with zero attached hydrogens (tertiary/aromatic N) is 1. The summed E-state index contributed by atoms with van der Waals surface area (Å²) in [6.45, 7) is 0. The Morgan fingerprint density at radius 2 is 1.55 bits per heavy atom. The van der Waals surface area contributed by atoms with E-state index in [4.69, 9.17) is 0 Å². The molecule has 4 heteroatoms. The lowest BCUT2D eigenvalue weighted by molar-refractivity contribution is -0.117. The summed E-state index contributed by atoms with van der Waals surface area (Å²) >= 11 is 0. The minimum atomic E-state index is -1.12. The fraction of sp³-hybridized carbons (Fsp3) is 0.188. The van der Waals surface area contributed by atoms with E-state index in [9.17, 15) is 9.00 Å². The smallest absolute Gasteiger partial charge is 0.227 e. The molecule has 0 heterocycles. The summed E-state index contributed by atoms with van der Waals surface area (Å²) in [5, 5.41) is 0. The average Bonchev–Trinajstić information content (AvgIpc) is 2.53. The number of hydrogen-bond acceptors (Lipinski definition) is 2. The van der Waals surface area contributed by atoms with Gasteiger partial charge in [-0.25, -0.2) is 0 Å². The third kappa shape index (κ3) is 3.78. The van der Waals surface area contributed by atoms with Gasteiger partial charge in [0, 0.05) is 29.8 Å². The Balaban J connectivity index is 1.91. The van der Waals surface area contributed by atoms with E-state index in [0.717, 1.165) is 10.6 Å². The third-order valence-electron chi connectivity index (χ3n) is 3.03. The number of carbonyl (C=O) groups excluding carboxylic acids is 1. The molecule has 0 aliphatic rings. The van der Waals surface area contributed by atoms with Gasteiger partial charge in [0.25, 0.3) is 0 Å². The van der Waals surface area contributed by atoms with Crippen LogP contribution in [0.3, 0.4) is 0 Å². The van der Waals surface area contributed by atoms with Crippen molar-refractivity contribution in [3.63, 3.8) is 0 Å². The molecule has 1 atom stereocenters. The Morgan fingerprint density at radius 1 is 1.00 bits per heavy atom. The third-order valence-corrected chi connectivity index (χ3v) is 4.40. The summed E-state index contributed by atoms with van der Waals surface area (Å²) in [4.78, 5) is 14.4. The molecular formula is C16H17NO2S. The Hall–Kier alpha value is -1.94. The fourth-order valence-corrected chi connectivity index (χ4v) is 2.89. The van der Waals surface area contributed by atoms with Crippen molar-refractivity contribution in [3.05, 3.63) is 60.7 Å². The lowest BCUT2D eigenvalue weighted by atomic mass is 10.3. The molecule has 0 N–H and O–H groups in total. The summed E-state index contributed by atoms with van der Waals surface area (Å²) < 4.78 is 12.0. The number of benzene rings is 2. The molecule has 2 aromatic carbocycles. The highest BCUT2D eigenvalue weighted by Gasteiger charge is 2.12. The number of carbonyl (C=O) groups is 1. The predicted molar refractivity (Wildman–Crippen MR) is 82.2 cm³/mol. The summed E-state index contributed by atoms with van der Waals surface area (Å²) in [7, 11) is 0.615. The summed E-state index contributed by atoms with van der Waals surface area (Å²) in [6, 6.07) is 18.7. The van der Waals surface area contributed by atoms with Gasteiger partial charge in [-0.3, -0.25) is 9.00 Å². The van der Waals surface area contributed by atoms with Gasteiger partial charge in [-0.1, -0.05) is 36.4 Å². The molecule has 0 bridgehead atoms. The van der Waals surface area contributed by atoms with E-state index in [1.165, 1.54) is 0 Å². The van der Waals surface area contributed by atoms with Gasteiger partial charge >= 0.3 is 0 Å². The normalized spacial score (nSPS) is 11.8. The topological polar surface area (TPSA) is 37.4 Å². The predicted octanol–water partition coefficient (Wildman–Crippen LogP) is 2.85. The van der Waals surface area contributed by atoms with Gasteiger partial charge in [-0.2, -0.15) is 0 Å². The van der Waals surface area contributed by atoms with Gasteiger partial charge < -0.3 is 4.90 Å². The molecule has 2 aromatic rings. The second-order valence-electron chi connectivity index (χ2n) is 4.40. The van der Waals surface area contributed by atoms with Crippen LogP contribution >= 0.6 is 0 Å². The molecule has 0 saturated heterocycles.